The van der Waals surface area contributed by atoms with Gasteiger partial charge in [-0.25, -0.2) is 9.48 Å². The Labute approximate surface area is 145 Å². The van der Waals surface area contributed by atoms with Crippen LogP contribution in [-0.2, 0) is 17.5 Å². The van der Waals surface area contributed by atoms with Gasteiger partial charge in [0, 0.05) is 12.6 Å². The Morgan fingerprint density at radius 3 is 2.62 bits per heavy atom. The quantitative estimate of drug-likeness (QED) is 0.640. The number of rotatable bonds is 5. The first-order valence-corrected chi connectivity index (χ1v) is 7.37. The summed E-state index contributed by atoms with van der Waals surface area (Å²) in [5.74, 6) is -0.747. The van der Waals surface area contributed by atoms with Crippen molar-refractivity contribution >= 4 is 17.8 Å². The zero-order chi connectivity index (χ0) is 19.5. The van der Waals surface area contributed by atoms with E-state index in [1.807, 2.05) is 5.32 Å². The number of alkyl halides is 3. The third kappa shape index (κ3) is 4.72. The number of anilines is 1. The molecule has 0 fully saturated rings. The molecule has 0 saturated carbocycles. The van der Waals surface area contributed by atoms with Gasteiger partial charge in [-0.3, -0.25) is 10.1 Å². The molecule has 8 nitrogen and oxygen atoms in total. The number of nitrogens with two attached hydrogens (primary N) is 1. The average Bonchev–Trinajstić information content (AvgIpc) is 2.96. The van der Waals surface area contributed by atoms with Gasteiger partial charge in [0.2, 0.25) is 5.91 Å². The summed E-state index contributed by atoms with van der Waals surface area (Å²) in [5.41, 5.74) is 4.96. The second-order valence-electron chi connectivity index (χ2n) is 5.43. The molecule has 11 heteroatoms. The highest BCUT2D eigenvalue weighted by Gasteiger charge is 2.35. The molecular weight excluding hydrogens is 355 g/mol. The summed E-state index contributed by atoms with van der Waals surface area (Å²) in [6.07, 6.45) is -6.26. The van der Waals surface area contributed by atoms with E-state index in [0.29, 0.717) is 11.6 Å². The van der Waals surface area contributed by atoms with Crippen LogP contribution in [0.4, 0.5) is 23.8 Å². The fourth-order valence-electron chi connectivity index (χ4n) is 2.06. The molecule has 0 bridgehead atoms. The van der Waals surface area contributed by atoms with E-state index < -0.39 is 24.0 Å². The van der Waals surface area contributed by atoms with Crippen molar-refractivity contribution in [2.24, 2.45) is 5.73 Å². The first kappa shape index (κ1) is 19.2. The zero-order valence-electron chi connectivity index (χ0n) is 13.5. The molecule has 2 aromatic rings. The van der Waals surface area contributed by atoms with Gasteiger partial charge in [0.25, 0.3) is 0 Å². The standard InChI is InChI=1S/C15H16F3N5O3/c1-8(19)13(24)20-7-9-3-2-4-10(5-9)23-12(21-14(25)26)6-11(22-23)15(16,17)18/h2-6,8,21H,7,19H2,1H3,(H,20,24)(H,25,26)/t8-/m0/s1. The van der Waals surface area contributed by atoms with Crippen molar-refractivity contribution in [1.82, 2.24) is 15.1 Å². The molecule has 1 heterocycles. The molecule has 0 unspecified atom stereocenters. The van der Waals surface area contributed by atoms with Gasteiger partial charge in [-0.2, -0.15) is 18.3 Å². The van der Waals surface area contributed by atoms with Gasteiger partial charge >= 0.3 is 12.3 Å². The minimum absolute atomic E-state index is 0.100. The lowest BCUT2D eigenvalue weighted by Gasteiger charge is -2.11. The lowest BCUT2D eigenvalue weighted by Crippen LogP contribution is -2.37. The molecule has 2 rings (SSSR count). The number of carboxylic acid groups (broad SMARTS) is 1. The summed E-state index contributed by atoms with van der Waals surface area (Å²) < 4.78 is 39.5. The molecule has 0 aliphatic rings. The van der Waals surface area contributed by atoms with Crippen LogP contribution in [0, 0.1) is 0 Å². The van der Waals surface area contributed by atoms with E-state index in [2.05, 4.69) is 10.4 Å². The second kappa shape index (κ2) is 7.44. The number of benzene rings is 1. The van der Waals surface area contributed by atoms with Crippen LogP contribution in [-0.4, -0.2) is 32.9 Å². The molecule has 1 aromatic carbocycles. The largest absolute Gasteiger partial charge is 0.465 e. The van der Waals surface area contributed by atoms with Gasteiger partial charge in [0.15, 0.2) is 5.69 Å². The van der Waals surface area contributed by atoms with E-state index in [0.717, 1.165) is 4.68 Å². The number of nitrogens with zero attached hydrogens (tertiary/aromatic N) is 2. The summed E-state index contributed by atoms with van der Waals surface area (Å²) in [4.78, 5) is 22.3. The minimum Gasteiger partial charge on any atom is -0.465 e. The molecular formula is C15H16F3N5O3. The Morgan fingerprint density at radius 2 is 2.04 bits per heavy atom. The predicted octanol–water partition coefficient (Wildman–Crippen LogP) is 1.94. The monoisotopic (exact) mass is 371 g/mol. The molecule has 1 atom stereocenters. The van der Waals surface area contributed by atoms with E-state index in [9.17, 15) is 22.8 Å². The van der Waals surface area contributed by atoms with Crippen LogP contribution < -0.4 is 16.4 Å². The summed E-state index contributed by atoms with van der Waals surface area (Å²) in [5, 5.41) is 16.7. The van der Waals surface area contributed by atoms with Crippen LogP contribution in [0.1, 0.15) is 18.2 Å². The van der Waals surface area contributed by atoms with E-state index in [4.69, 9.17) is 10.8 Å². The SMILES string of the molecule is C[C@H](N)C(=O)NCc1cccc(-n2nc(C(F)(F)F)cc2NC(=O)O)c1. The predicted molar refractivity (Wildman–Crippen MR) is 85.7 cm³/mol. The number of hydrogen-bond donors (Lipinski definition) is 4. The Morgan fingerprint density at radius 1 is 1.35 bits per heavy atom. The van der Waals surface area contributed by atoms with Crippen molar-refractivity contribution in [3.63, 3.8) is 0 Å². The van der Waals surface area contributed by atoms with Gasteiger partial charge in [-0.15, -0.1) is 0 Å². The van der Waals surface area contributed by atoms with Crippen molar-refractivity contribution in [3.8, 4) is 5.69 Å². The second-order valence-corrected chi connectivity index (χ2v) is 5.43. The van der Waals surface area contributed by atoms with Gasteiger partial charge in [-0.1, -0.05) is 12.1 Å². The zero-order valence-corrected chi connectivity index (χ0v) is 13.5. The van der Waals surface area contributed by atoms with Crippen molar-refractivity contribution in [2.75, 3.05) is 5.32 Å². The summed E-state index contributed by atoms with van der Waals surface area (Å²) in [6, 6.07) is 6.01. The molecule has 5 N–H and O–H groups in total. The lowest BCUT2D eigenvalue weighted by molar-refractivity contribution is -0.141. The van der Waals surface area contributed by atoms with Crippen LogP contribution in [0.25, 0.3) is 5.69 Å². The fourth-order valence-corrected chi connectivity index (χ4v) is 2.06. The van der Waals surface area contributed by atoms with Gasteiger partial charge in [0.05, 0.1) is 11.7 Å². The summed E-state index contributed by atoms with van der Waals surface area (Å²) in [7, 11) is 0. The smallest absolute Gasteiger partial charge is 0.435 e. The minimum atomic E-state index is -4.73. The number of hydrogen-bond acceptors (Lipinski definition) is 4. The van der Waals surface area contributed by atoms with Crippen LogP contribution in [0.2, 0.25) is 0 Å². The molecule has 1 aromatic heterocycles. The van der Waals surface area contributed by atoms with Crippen LogP contribution >= 0.6 is 0 Å². The third-order valence-corrected chi connectivity index (χ3v) is 3.27. The number of amides is 2. The van der Waals surface area contributed by atoms with Crippen molar-refractivity contribution in [3.05, 3.63) is 41.6 Å². The Bertz CT molecular complexity index is 817. The maximum atomic E-state index is 12.9. The molecule has 0 aliphatic heterocycles. The number of aromatic nitrogens is 2. The van der Waals surface area contributed by atoms with E-state index in [-0.39, 0.29) is 24.0 Å². The maximum Gasteiger partial charge on any atom is 0.435 e. The first-order chi connectivity index (χ1) is 12.1. The van der Waals surface area contributed by atoms with E-state index >= 15 is 0 Å². The normalized spacial score (nSPS) is 12.5. The van der Waals surface area contributed by atoms with Crippen LogP contribution in [0.15, 0.2) is 30.3 Å². The molecule has 0 spiro atoms. The number of carbonyl (C=O) groups excluding carboxylic acids is 1. The molecule has 2 amide bonds. The first-order valence-electron chi connectivity index (χ1n) is 7.37. The Kier molecular flexibility index (Phi) is 5.50. The molecule has 0 saturated heterocycles. The lowest BCUT2D eigenvalue weighted by atomic mass is 10.2. The third-order valence-electron chi connectivity index (χ3n) is 3.27. The topological polar surface area (TPSA) is 122 Å². The highest BCUT2D eigenvalue weighted by Crippen LogP contribution is 2.31. The number of carbonyl (C=O) groups is 2. The maximum absolute atomic E-state index is 12.9. The van der Waals surface area contributed by atoms with Gasteiger partial charge in [0.1, 0.15) is 5.82 Å². The molecule has 0 radical (unpaired) electrons. The Balaban J connectivity index is 2.35. The van der Waals surface area contributed by atoms with E-state index in [1.54, 1.807) is 12.1 Å². The molecule has 0 aliphatic carbocycles. The number of nitrogens with one attached hydrogen (secondary N) is 2. The van der Waals surface area contributed by atoms with Crippen molar-refractivity contribution < 1.29 is 27.9 Å². The average molecular weight is 371 g/mol. The van der Waals surface area contributed by atoms with Crippen molar-refractivity contribution in [2.45, 2.75) is 25.7 Å². The Hall–Kier alpha value is -3.08. The number of halogens is 3. The van der Waals surface area contributed by atoms with Gasteiger partial charge in [-0.05, 0) is 24.6 Å². The molecule has 140 valence electrons. The van der Waals surface area contributed by atoms with E-state index in [1.165, 1.54) is 19.1 Å². The van der Waals surface area contributed by atoms with Crippen molar-refractivity contribution in [1.29, 1.82) is 0 Å². The van der Waals surface area contributed by atoms with Gasteiger partial charge < -0.3 is 16.2 Å². The summed E-state index contributed by atoms with van der Waals surface area (Å²) >= 11 is 0. The fraction of sp³-hybridized carbons (Fsp3) is 0.267. The highest BCUT2D eigenvalue weighted by atomic mass is 19.4. The van der Waals surface area contributed by atoms with Crippen LogP contribution in [0.3, 0.4) is 0 Å². The van der Waals surface area contributed by atoms with Crippen LogP contribution in [0.5, 0.6) is 0 Å². The highest BCUT2D eigenvalue weighted by molar-refractivity contribution is 5.82. The molecule has 26 heavy (non-hydrogen) atoms. The summed E-state index contributed by atoms with van der Waals surface area (Å²) in [6.45, 7) is 1.61.